The van der Waals surface area contributed by atoms with Crippen LogP contribution in [-0.2, 0) is 4.79 Å². The van der Waals surface area contributed by atoms with Gasteiger partial charge in [0.15, 0.2) is 0 Å². The van der Waals surface area contributed by atoms with E-state index in [1.807, 2.05) is 7.05 Å². The predicted molar refractivity (Wildman–Crippen MR) is 68.6 cm³/mol. The summed E-state index contributed by atoms with van der Waals surface area (Å²) in [5, 5.41) is 8.96. The van der Waals surface area contributed by atoms with E-state index in [1.165, 1.54) is 16.7 Å². The van der Waals surface area contributed by atoms with E-state index in [-0.39, 0.29) is 12.0 Å². The Kier molecular flexibility index (Phi) is 2.86. The molecule has 1 aromatic carbocycles. The Hall–Kier alpha value is -1.51. The molecule has 1 aromatic rings. The van der Waals surface area contributed by atoms with Gasteiger partial charge in [0.05, 0.1) is 5.92 Å². The molecule has 0 spiro atoms. The molecule has 92 valence electrons. The summed E-state index contributed by atoms with van der Waals surface area (Å²) in [7, 11) is 1.99. The van der Waals surface area contributed by atoms with E-state index in [4.69, 9.17) is 5.11 Å². The van der Waals surface area contributed by atoms with Crippen LogP contribution in [0.2, 0.25) is 0 Å². The highest BCUT2D eigenvalue weighted by Crippen LogP contribution is 2.39. The van der Waals surface area contributed by atoms with Crippen molar-refractivity contribution in [2.24, 2.45) is 5.92 Å². The van der Waals surface area contributed by atoms with Crippen molar-refractivity contribution >= 4 is 11.7 Å². The van der Waals surface area contributed by atoms with Crippen molar-refractivity contribution in [3.05, 3.63) is 28.8 Å². The number of carboxylic acids is 1. The van der Waals surface area contributed by atoms with E-state index in [2.05, 4.69) is 37.8 Å². The first-order chi connectivity index (χ1) is 7.93. The number of anilines is 1. The van der Waals surface area contributed by atoms with E-state index in [1.54, 1.807) is 0 Å². The molecule has 0 aliphatic heterocycles. The van der Waals surface area contributed by atoms with Crippen molar-refractivity contribution in [1.82, 2.24) is 0 Å². The van der Waals surface area contributed by atoms with Gasteiger partial charge in [0, 0.05) is 18.8 Å². The van der Waals surface area contributed by atoms with Gasteiger partial charge in [-0.25, -0.2) is 0 Å². The molecule has 1 aliphatic rings. The van der Waals surface area contributed by atoms with Gasteiger partial charge in [0.25, 0.3) is 0 Å². The van der Waals surface area contributed by atoms with Crippen LogP contribution in [0.15, 0.2) is 12.1 Å². The lowest BCUT2D eigenvalue weighted by Crippen LogP contribution is -2.24. The summed E-state index contributed by atoms with van der Waals surface area (Å²) in [6.45, 7) is 6.32. The van der Waals surface area contributed by atoms with Gasteiger partial charge in [-0.05, 0) is 49.9 Å². The summed E-state index contributed by atoms with van der Waals surface area (Å²) in [5.41, 5.74) is 4.98. The second kappa shape index (κ2) is 4.06. The summed E-state index contributed by atoms with van der Waals surface area (Å²) in [6, 6.07) is 4.36. The van der Waals surface area contributed by atoms with Crippen LogP contribution in [0.5, 0.6) is 0 Å². The SMILES string of the molecule is Cc1ccc(N(C)C2CC2C(=O)O)c(C)c1C. The maximum atomic E-state index is 10.9. The normalized spacial score (nSPS) is 22.4. The van der Waals surface area contributed by atoms with E-state index in [0.717, 1.165) is 12.1 Å². The molecule has 0 radical (unpaired) electrons. The third-order valence-electron chi connectivity index (χ3n) is 3.98. The highest BCUT2D eigenvalue weighted by atomic mass is 16.4. The van der Waals surface area contributed by atoms with Gasteiger partial charge in [-0.1, -0.05) is 6.07 Å². The number of carboxylic acid groups (broad SMARTS) is 1. The quantitative estimate of drug-likeness (QED) is 0.872. The molecule has 3 heteroatoms. The van der Waals surface area contributed by atoms with Crippen LogP contribution in [0.25, 0.3) is 0 Å². The maximum Gasteiger partial charge on any atom is 0.308 e. The lowest BCUT2D eigenvalue weighted by molar-refractivity contribution is -0.138. The molecule has 1 N–H and O–H groups in total. The number of aliphatic carboxylic acids is 1. The molecule has 2 rings (SSSR count). The predicted octanol–water partition coefficient (Wildman–Crippen LogP) is 2.52. The summed E-state index contributed by atoms with van der Waals surface area (Å²) in [5.74, 6) is -0.871. The average molecular weight is 233 g/mol. The third-order valence-corrected chi connectivity index (χ3v) is 3.98. The number of aryl methyl sites for hydroxylation is 1. The maximum absolute atomic E-state index is 10.9. The first kappa shape index (κ1) is 12.0. The van der Waals surface area contributed by atoms with E-state index < -0.39 is 5.97 Å². The Bertz CT molecular complexity index is 468. The smallest absolute Gasteiger partial charge is 0.308 e. The highest BCUT2D eigenvalue weighted by molar-refractivity contribution is 5.76. The van der Waals surface area contributed by atoms with Gasteiger partial charge in [0.2, 0.25) is 0 Å². The molecule has 0 amide bonds. The van der Waals surface area contributed by atoms with E-state index in [0.29, 0.717) is 0 Å². The van der Waals surface area contributed by atoms with Crippen molar-refractivity contribution in [2.75, 3.05) is 11.9 Å². The second-order valence-corrected chi connectivity index (χ2v) is 5.01. The third kappa shape index (κ3) is 2.02. The number of benzene rings is 1. The van der Waals surface area contributed by atoms with Crippen LogP contribution in [0.3, 0.4) is 0 Å². The fourth-order valence-corrected chi connectivity index (χ4v) is 2.38. The number of hydrogen-bond donors (Lipinski definition) is 1. The summed E-state index contributed by atoms with van der Waals surface area (Å²) < 4.78 is 0. The molecule has 0 aromatic heterocycles. The van der Waals surface area contributed by atoms with Crippen molar-refractivity contribution in [3.8, 4) is 0 Å². The topological polar surface area (TPSA) is 40.5 Å². The lowest BCUT2D eigenvalue weighted by atomic mass is 10.0. The van der Waals surface area contributed by atoms with Crippen molar-refractivity contribution in [1.29, 1.82) is 0 Å². The van der Waals surface area contributed by atoms with Crippen LogP contribution in [0.1, 0.15) is 23.1 Å². The van der Waals surface area contributed by atoms with Gasteiger partial charge in [-0.2, -0.15) is 0 Å². The largest absolute Gasteiger partial charge is 0.481 e. The molecular formula is C14H19NO2. The van der Waals surface area contributed by atoms with Crippen LogP contribution in [0, 0.1) is 26.7 Å². The molecular weight excluding hydrogens is 214 g/mol. The first-order valence-electron chi connectivity index (χ1n) is 5.96. The Morgan fingerprint density at radius 3 is 2.47 bits per heavy atom. The van der Waals surface area contributed by atoms with Gasteiger partial charge in [0.1, 0.15) is 0 Å². The summed E-state index contributed by atoms with van der Waals surface area (Å²) >= 11 is 0. The van der Waals surface area contributed by atoms with Crippen molar-refractivity contribution in [2.45, 2.75) is 33.2 Å². The summed E-state index contributed by atoms with van der Waals surface area (Å²) in [4.78, 5) is 13.0. The summed E-state index contributed by atoms with van der Waals surface area (Å²) in [6.07, 6.45) is 0.762. The minimum atomic E-state index is -0.677. The lowest BCUT2D eigenvalue weighted by Gasteiger charge is -2.23. The Balaban J connectivity index is 2.24. The fourth-order valence-electron chi connectivity index (χ4n) is 2.38. The number of nitrogens with zero attached hydrogens (tertiary/aromatic N) is 1. The molecule has 2 atom stereocenters. The Labute approximate surface area is 102 Å². The van der Waals surface area contributed by atoms with Gasteiger partial charge >= 0.3 is 5.97 Å². The second-order valence-electron chi connectivity index (χ2n) is 5.01. The van der Waals surface area contributed by atoms with Gasteiger partial charge in [-0.3, -0.25) is 4.79 Å². The van der Waals surface area contributed by atoms with Crippen molar-refractivity contribution < 1.29 is 9.90 Å². The van der Waals surface area contributed by atoms with Gasteiger partial charge in [-0.15, -0.1) is 0 Å². The van der Waals surface area contributed by atoms with E-state index >= 15 is 0 Å². The molecule has 3 nitrogen and oxygen atoms in total. The average Bonchev–Trinajstić information content (AvgIpc) is 3.05. The molecule has 1 fully saturated rings. The molecule has 0 saturated heterocycles. The van der Waals surface area contributed by atoms with Crippen molar-refractivity contribution in [3.63, 3.8) is 0 Å². The number of rotatable bonds is 3. The minimum Gasteiger partial charge on any atom is -0.481 e. The Morgan fingerprint density at radius 1 is 1.29 bits per heavy atom. The molecule has 1 aliphatic carbocycles. The molecule has 1 saturated carbocycles. The molecule has 17 heavy (non-hydrogen) atoms. The zero-order chi connectivity index (χ0) is 12.7. The molecule has 2 unspecified atom stereocenters. The Morgan fingerprint density at radius 2 is 1.94 bits per heavy atom. The number of hydrogen-bond acceptors (Lipinski definition) is 2. The monoisotopic (exact) mass is 233 g/mol. The van der Waals surface area contributed by atoms with Crippen LogP contribution >= 0.6 is 0 Å². The van der Waals surface area contributed by atoms with Crippen LogP contribution in [0.4, 0.5) is 5.69 Å². The van der Waals surface area contributed by atoms with E-state index in [9.17, 15) is 4.79 Å². The zero-order valence-corrected chi connectivity index (χ0v) is 10.8. The fraction of sp³-hybridized carbons (Fsp3) is 0.500. The standard InChI is InChI=1S/C14H19NO2/c1-8-5-6-12(10(3)9(8)2)15(4)13-7-11(13)14(16)17/h5-6,11,13H,7H2,1-4H3,(H,16,17). The van der Waals surface area contributed by atoms with Crippen LogP contribution in [-0.4, -0.2) is 24.2 Å². The first-order valence-corrected chi connectivity index (χ1v) is 5.96. The molecule has 0 heterocycles. The van der Waals surface area contributed by atoms with Crippen LogP contribution < -0.4 is 4.90 Å². The highest BCUT2D eigenvalue weighted by Gasteiger charge is 2.46. The zero-order valence-electron chi connectivity index (χ0n) is 10.8. The minimum absolute atomic E-state index is 0.160. The molecule has 0 bridgehead atoms. The number of carbonyl (C=O) groups is 1. The van der Waals surface area contributed by atoms with Gasteiger partial charge < -0.3 is 10.0 Å².